The average Bonchev–Trinajstić information content (AvgIpc) is 2.38. The molecule has 0 fully saturated rings. The quantitative estimate of drug-likeness (QED) is 0.730. The second kappa shape index (κ2) is 7.87. The lowest BCUT2D eigenvalue weighted by Gasteiger charge is -2.24. The number of hydrogen-bond acceptors (Lipinski definition) is 4. The van der Waals surface area contributed by atoms with Crippen LogP contribution in [0.1, 0.15) is 24.6 Å². The maximum Gasteiger partial charge on any atom is 0.213 e. The summed E-state index contributed by atoms with van der Waals surface area (Å²) in [7, 11) is 2.09. The number of rotatable bonds is 8. The molecule has 0 spiro atoms. The zero-order valence-corrected chi connectivity index (χ0v) is 14.5. The molecule has 0 bridgehead atoms. The molecule has 1 aromatic rings. The van der Waals surface area contributed by atoms with Gasteiger partial charge in [-0.1, -0.05) is 0 Å². The number of aryl methyl sites for hydroxylation is 1. The number of nitrogens with zero attached hydrogens (tertiary/aromatic N) is 3. The van der Waals surface area contributed by atoms with E-state index in [-0.39, 0.29) is 5.75 Å². The third-order valence-corrected chi connectivity index (χ3v) is 5.62. The molecule has 5 nitrogen and oxygen atoms in total. The van der Waals surface area contributed by atoms with E-state index in [4.69, 9.17) is 0 Å². The summed E-state index contributed by atoms with van der Waals surface area (Å²) in [5.41, 5.74) is 2.29. The van der Waals surface area contributed by atoms with Crippen molar-refractivity contribution in [1.29, 1.82) is 0 Å². The highest BCUT2D eigenvalue weighted by Gasteiger charge is 2.15. The maximum atomic E-state index is 11.7. The SMILES string of the molecule is Cc1ccnc(CC(C)N(C)CCCS(=O)(=O)N(C)C)c1. The van der Waals surface area contributed by atoms with Gasteiger partial charge in [0.25, 0.3) is 0 Å². The largest absolute Gasteiger partial charge is 0.303 e. The molecule has 120 valence electrons. The van der Waals surface area contributed by atoms with Crippen molar-refractivity contribution in [3.63, 3.8) is 0 Å². The van der Waals surface area contributed by atoms with Crippen LogP contribution in [0.25, 0.3) is 0 Å². The lowest BCUT2D eigenvalue weighted by atomic mass is 10.1. The highest BCUT2D eigenvalue weighted by atomic mass is 32.2. The zero-order valence-electron chi connectivity index (χ0n) is 13.7. The fraction of sp³-hybridized carbons (Fsp3) is 0.667. The van der Waals surface area contributed by atoms with Gasteiger partial charge in [0.1, 0.15) is 0 Å². The highest BCUT2D eigenvalue weighted by molar-refractivity contribution is 7.89. The van der Waals surface area contributed by atoms with E-state index in [0.717, 1.165) is 18.7 Å². The van der Waals surface area contributed by atoms with Gasteiger partial charge >= 0.3 is 0 Å². The Hall–Kier alpha value is -0.980. The molecular formula is C15H27N3O2S. The van der Waals surface area contributed by atoms with Gasteiger partial charge in [-0.05, 0) is 51.6 Å². The van der Waals surface area contributed by atoms with Crippen LogP contribution in [0.5, 0.6) is 0 Å². The van der Waals surface area contributed by atoms with Crippen molar-refractivity contribution in [2.24, 2.45) is 0 Å². The van der Waals surface area contributed by atoms with Crippen LogP contribution in [0.15, 0.2) is 18.3 Å². The molecule has 0 aliphatic heterocycles. The van der Waals surface area contributed by atoms with E-state index in [9.17, 15) is 8.42 Å². The Labute approximate surface area is 129 Å². The van der Waals surface area contributed by atoms with Crippen molar-refractivity contribution in [3.8, 4) is 0 Å². The van der Waals surface area contributed by atoms with Gasteiger partial charge in [-0.25, -0.2) is 12.7 Å². The summed E-state index contributed by atoms with van der Waals surface area (Å²) in [5, 5.41) is 0. The monoisotopic (exact) mass is 313 g/mol. The van der Waals surface area contributed by atoms with E-state index in [1.54, 1.807) is 14.1 Å². The molecular weight excluding hydrogens is 286 g/mol. The molecule has 1 atom stereocenters. The number of aromatic nitrogens is 1. The molecule has 0 aliphatic rings. The van der Waals surface area contributed by atoms with Gasteiger partial charge < -0.3 is 4.90 Å². The smallest absolute Gasteiger partial charge is 0.213 e. The van der Waals surface area contributed by atoms with Crippen molar-refractivity contribution in [2.45, 2.75) is 32.7 Å². The summed E-state index contributed by atoms with van der Waals surface area (Å²) >= 11 is 0. The second-order valence-electron chi connectivity index (χ2n) is 5.81. The number of likely N-dealkylation sites (N-methyl/N-ethyl adjacent to an activating group) is 1. The molecule has 0 amide bonds. The standard InChI is InChI=1S/C15H27N3O2S/c1-13-7-8-16-15(11-13)12-14(2)18(5)9-6-10-21(19,20)17(3)4/h7-8,11,14H,6,9-10,12H2,1-5H3. The van der Waals surface area contributed by atoms with Crippen molar-refractivity contribution in [1.82, 2.24) is 14.2 Å². The van der Waals surface area contributed by atoms with Crippen LogP contribution < -0.4 is 0 Å². The predicted octanol–water partition coefficient (Wildman–Crippen LogP) is 1.53. The number of hydrogen-bond donors (Lipinski definition) is 0. The molecule has 0 saturated carbocycles. The van der Waals surface area contributed by atoms with Crippen LogP contribution in [0, 0.1) is 6.92 Å². The second-order valence-corrected chi connectivity index (χ2v) is 8.11. The molecule has 6 heteroatoms. The van der Waals surface area contributed by atoms with Gasteiger partial charge in [0.05, 0.1) is 5.75 Å². The number of sulfonamides is 1. The van der Waals surface area contributed by atoms with Crippen molar-refractivity contribution < 1.29 is 8.42 Å². The minimum Gasteiger partial charge on any atom is -0.303 e. The van der Waals surface area contributed by atoms with E-state index < -0.39 is 10.0 Å². The Balaban J connectivity index is 2.43. The van der Waals surface area contributed by atoms with Crippen LogP contribution in [-0.2, 0) is 16.4 Å². The van der Waals surface area contributed by atoms with Crippen LogP contribution in [0.4, 0.5) is 0 Å². The average molecular weight is 313 g/mol. The molecule has 1 aromatic heterocycles. The molecule has 1 heterocycles. The van der Waals surface area contributed by atoms with Crippen LogP contribution >= 0.6 is 0 Å². The first kappa shape index (κ1) is 18.1. The summed E-state index contributed by atoms with van der Waals surface area (Å²) < 4.78 is 24.7. The van der Waals surface area contributed by atoms with Gasteiger partial charge in [0, 0.05) is 38.4 Å². The minimum atomic E-state index is -3.09. The van der Waals surface area contributed by atoms with Gasteiger partial charge in [-0.15, -0.1) is 0 Å². The summed E-state index contributed by atoms with van der Waals surface area (Å²) in [4.78, 5) is 6.57. The third kappa shape index (κ3) is 6.11. The fourth-order valence-corrected chi connectivity index (χ4v) is 2.93. The van der Waals surface area contributed by atoms with Crippen molar-refractivity contribution in [2.75, 3.05) is 33.4 Å². The maximum absolute atomic E-state index is 11.7. The molecule has 1 rings (SSSR count). The highest BCUT2D eigenvalue weighted by Crippen LogP contribution is 2.08. The topological polar surface area (TPSA) is 53.5 Å². The first-order chi connectivity index (χ1) is 9.72. The Morgan fingerprint density at radius 3 is 2.52 bits per heavy atom. The summed E-state index contributed by atoms with van der Waals surface area (Å²) in [6.45, 7) is 4.97. The lowest BCUT2D eigenvalue weighted by Crippen LogP contribution is -2.34. The number of pyridine rings is 1. The van der Waals surface area contributed by atoms with E-state index in [0.29, 0.717) is 12.5 Å². The van der Waals surface area contributed by atoms with Crippen LogP contribution in [0.2, 0.25) is 0 Å². The summed E-state index contributed by atoms with van der Waals surface area (Å²) in [6.07, 6.45) is 3.35. The van der Waals surface area contributed by atoms with E-state index in [1.165, 1.54) is 9.87 Å². The van der Waals surface area contributed by atoms with Gasteiger partial charge in [0.2, 0.25) is 10.0 Å². The molecule has 0 saturated heterocycles. The third-order valence-electron chi connectivity index (χ3n) is 3.70. The van der Waals surface area contributed by atoms with E-state index >= 15 is 0 Å². The molecule has 1 unspecified atom stereocenters. The van der Waals surface area contributed by atoms with E-state index in [2.05, 4.69) is 29.8 Å². The molecule has 0 radical (unpaired) electrons. The summed E-state index contributed by atoms with van der Waals surface area (Å²) in [6, 6.07) is 4.42. The van der Waals surface area contributed by atoms with Gasteiger partial charge in [-0.3, -0.25) is 4.98 Å². The zero-order chi connectivity index (χ0) is 16.0. The van der Waals surface area contributed by atoms with Crippen LogP contribution in [0.3, 0.4) is 0 Å². The predicted molar refractivity (Wildman–Crippen MR) is 86.9 cm³/mol. The first-order valence-corrected chi connectivity index (χ1v) is 8.85. The normalized spacial score (nSPS) is 13.9. The first-order valence-electron chi connectivity index (χ1n) is 7.24. The fourth-order valence-electron chi connectivity index (χ4n) is 2.07. The molecule has 21 heavy (non-hydrogen) atoms. The Morgan fingerprint density at radius 2 is 1.95 bits per heavy atom. The van der Waals surface area contributed by atoms with Crippen molar-refractivity contribution >= 4 is 10.0 Å². The Bertz CT molecular complexity index is 544. The Morgan fingerprint density at radius 1 is 1.29 bits per heavy atom. The van der Waals surface area contributed by atoms with Crippen molar-refractivity contribution in [3.05, 3.63) is 29.6 Å². The van der Waals surface area contributed by atoms with Gasteiger partial charge in [-0.2, -0.15) is 0 Å². The molecule has 0 N–H and O–H groups in total. The molecule has 0 aromatic carbocycles. The summed E-state index contributed by atoms with van der Waals surface area (Å²) in [5.74, 6) is 0.194. The van der Waals surface area contributed by atoms with E-state index in [1.807, 2.05) is 19.3 Å². The lowest BCUT2D eigenvalue weighted by molar-refractivity contribution is 0.255. The van der Waals surface area contributed by atoms with Gasteiger partial charge in [0.15, 0.2) is 0 Å². The minimum absolute atomic E-state index is 0.194. The molecule has 0 aliphatic carbocycles. The Kier molecular flexibility index (Phi) is 6.77. The van der Waals surface area contributed by atoms with Crippen LogP contribution in [-0.4, -0.2) is 62.1 Å².